The van der Waals surface area contributed by atoms with Crippen molar-refractivity contribution in [2.75, 3.05) is 17.7 Å². The van der Waals surface area contributed by atoms with E-state index in [0.29, 0.717) is 22.7 Å². The number of carbonyl (C=O) groups excluding carboxylic acids is 2. The largest absolute Gasteiger partial charge is 0.496 e. The standard InChI is InChI=1S/C17H15N3O3/c1-11(21)19-13-7-8-16(23-2)14(9-13)17(22)20-15-6-4-3-5-12(15)10-18/h3-9H,1-2H3,(H,19,21)(H,20,22). The zero-order chi connectivity index (χ0) is 16.8. The minimum absolute atomic E-state index is 0.239. The van der Waals surface area contributed by atoms with E-state index in [4.69, 9.17) is 10.00 Å². The first-order valence-electron chi connectivity index (χ1n) is 6.81. The molecule has 0 radical (unpaired) electrons. The Hall–Kier alpha value is -3.33. The molecule has 0 unspecified atom stereocenters. The highest BCUT2D eigenvalue weighted by atomic mass is 16.5. The fraction of sp³-hybridized carbons (Fsp3) is 0.118. The summed E-state index contributed by atoms with van der Waals surface area (Å²) in [6.45, 7) is 1.38. The molecule has 0 aliphatic rings. The first kappa shape index (κ1) is 16.0. The maximum atomic E-state index is 12.5. The van der Waals surface area contributed by atoms with Gasteiger partial charge in [-0.2, -0.15) is 5.26 Å². The first-order valence-corrected chi connectivity index (χ1v) is 6.81. The van der Waals surface area contributed by atoms with E-state index in [0.717, 1.165) is 0 Å². The van der Waals surface area contributed by atoms with Gasteiger partial charge in [0.25, 0.3) is 5.91 Å². The van der Waals surface area contributed by atoms with Gasteiger partial charge in [0.15, 0.2) is 0 Å². The molecule has 0 aliphatic heterocycles. The summed E-state index contributed by atoms with van der Waals surface area (Å²) in [5, 5.41) is 14.4. The minimum Gasteiger partial charge on any atom is -0.496 e. The normalized spacial score (nSPS) is 9.61. The van der Waals surface area contributed by atoms with Crippen molar-refractivity contribution in [2.24, 2.45) is 0 Å². The van der Waals surface area contributed by atoms with Crippen LogP contribution in [0.25, 0.3) is 0 Å². The highest BCUT2D eigenvalue weighted by molar-refractivity contribution is 6.07. The van der Waals surface area contributed by atoms with E-state index >= 15 is 0 Å². The molecule has 0 spiro atoms. The number of hydrogen-bond donors (Lipinski definition) is 2. The number of nitrogens with one attached hydrogen (secondary N) is 2. The highest BCUT2D eigenvalue weighted by Gasteiger charge is 2.15. The third kappa shape index (κ3) is 3.86. The van der Waals surface area contributed by atoms with Gasteiger partial charge in [-0.15, -0.1) is 0 Å². The Morgan fingerprint density at radius 3 is 2.52 bits per heavy atom. The molecular formula is C17H15N3O3. The number of nitriles is 1. The average Bonchev–Trinajstić information content (AvgIpc) is 2.54. The fourth-order valence-electron chi connectivity index (χ4n) is 2.05. The van der Waals surface area contributed by atoms with Crippen LogP contribution in [0.4, 0.5) is 11.4 Å². The number of nitrogens with zero attached hydrogens (tertiary/aromatic N) is 1. The zero-order valence-electron chi connectivity index (χ0n) is 12.7. The SMILES string of the molecule is COc1ccc(NC(C)=O)cc1C(=O)Nc1ccccc1C#N. The van der Waals surface area contributed by atoms with Crippen molar-refractivity contribution in [1.29, 1.82) is 5.26 Å². The second-order valence-corrected chi connectivity index (χ2v) is 4.71. The van der Waals surface area contributed by atoms with E-state index < -0.39 is 5.91 Å². The summed E-state index contributed by atoms with van der Waals surface area (Å²) in [5.74, 6) is -0.306. The lowest BCUT2D eigenvalue weighted by atomic mass is 10.1. The Labute approximate surface area is 133 Å². The lowest BCUT2D eigenvalue weighted by molar-refractivity contribution is -0.114. The van der Waals surface area contributed by atoms with Crippen molar-refractivity contribution in [2.45, 2.75) is 6.92 Å². The Balaban J connectivity index is 2.34. The number of carbonyl (C=O) groups is 2. The molecule has 116 valence electrons. The van der Waals surface area contributed by atoms with E-state index in [1.54, 1.807) is 36.4 Å². The predicted molar refractivity (Wildman–Crippen MR) is 86.4 cm³/mol. The topological polar surface area (TPSA) is 91.2 Å². The molecule has 0 aliphatic carbocycles. The molecule has 0 heterocycles. The van der Waals surface area contributed by atoms with Crippen LogP contribution in [-0.2, 0) is 4.79 Å². The van der Waals surface area contributed by atoms with Gasteiger partial charge < -0.3 is 15.4 Å². The van der Waals surface area contributed by atoms with Gasteiger partial charge in [0.1, 0.15) is 11.8 Å². The Morgan fingerprint density at radius 1 is 1.13 bits per heavy atom. The summed E-state index contributed by atoms with van der Waals surface area (Å²) in [7, 11) is 1.45. The van der Waals surface area contributed by atoms with Crippen LogP contribution >= 0.6 is 0 Å². The molecule has 0 bridgehead atoms. The van der Waals surface area contributed by atoms with Gasteiger partial charge in [0, 0.05) is 12.6 Å². The number of rotatable bonds is 4. The second kappa shape index (κ2) is 7.09. The average molecular weight is 309 g/mol. The molecule has 2 aromatic carbocycles. The second-order valence-electron chi connectivity index (χ2n) is 4.71. The molecule has 2 aromatic rings. The highest BCUT2D eigenvalue weighted by Crippen LogP contribution is 2.24. The minimum atomic E-state index is -0.434. The van der Waals surface area contributed by atoms with Crippen LogP contribution < -0.4 is 15.4 Å². The van der Waals surface area contributed by atoms with Gasteiger partial charge in [0.05, 0.1) is 23.9 Å². The van der Waals surface area contributed by atoms with Gasteiger partial charge in [-0.05, 0) is 30.3 Å². The Kier molecular flexibility index (Phi) is 4.95. The summed E-state index contributed by atoms with van der Waals surface area (Å²) in [5.41, 5.74) is 1.51. The van der Waals surface area contributed by atoms with Crippen LogP contribution in [0.3, 0.4) is 0 Å². The van der Waals surface area contributed by atoms with Crippen LogP contribution in [-0.4, -0.2) is 18.9 Å². The maximum Gasteiger partial charge on any atom is 0.259 e. The predicted octanol–water partition coefficient (Wildman–Crippen LogP) is 2.78. The molecule has 2 rings (SSSR count). The van der Waals surface area contributed by atoms with Gasteiger partial charge in [0.2, 0.25) is 5.91 Å². The number of anilines is 2. The summed E-state index contributed by atoms with van der Waals surface area (Å²) in [6.07, 6.45) is 0. The van der Waals surface area contributed by atoms with Crippen molar-refractivity contribution in [3.05, 3.63) is 53.6 Å². The molecule has 2 amide bonds. The van der Waals surface area contributed by atoms with E-state index in [2.05, 4.69) is 10.6 Å². The number of benzene rings is 2. The molecule has 2 N–H and O–H groups in total. The third-order valence-electron chi connectivity index (χ3n) is 3.06. The molecule has 6 nitrogen and oxygen atoms in total. The molecule has 0 saturated carbocycles. The van der Waals surface area contributed by atoms with E-state index in [-0.39, 0.29) is 11.5 Å². The number of methoxy groups -OCH3 is 1. The van der Waals surface area contributed by atoms with Gasteiger partial charge in [-0.3, -0.25) is 9.59 Å². The summed E-state index contributed by atoms with van der Waals surface area (Å²) < 4.78 is 5.18. The van der Waals surface area contributed by atoms with Crippen molar-refractivity contribution in [3.8, 4) is 11.8 Å². The number of hydrogen-bond acceptors (Lipinski definition) is 4. The van der Waals surface area contributed by atoms with E-state index in [1.165, 1.54) is 20.1 Å². The van der Waals surface area contributed by atoms with Crippen molar-refractivity contribution < 1.29 is 14.3 Å². The van der Waals surface area contributed by atoms with E-state index in [1.807, 2.05) is 6.07 Å². The van der Waals surface area contributed by atoms with Crippen molar-refractivity contribution in [1.82, 2.24) is 0 Å². The Bertz CT molecular complexity index is 794. The Morgan fingerprint density at radius 2 is 1.87 bits per heavy atom. The van der Waals surface area contributed by atoms with Crippen LogP contribution in [0.1, 0.15) is 22.8 Å². The quantitative estimate of drug-likeness (QED) is 0.908. The van der Waals surface area contributed by atoms with Gasteiger partial charge in [-0.25, -0.2) is 0 Å². The molecule has 0 saturated heterocycles. The summed E-state index contributed by atoms with van der Waals surface area (Å²) in [6, 6.07) is 13.5. The molecule has 23 heavy (non-hydrogen) atoms. The van der Waals surface area contributed by atoms with Crippen LogP contribution in [0, 0.1) is 11.3 Å². The third-order valence-corrected chi connectivity index (χ3v) is 3.06. The lowest BCUT2D eigenvalue weighted by Gasteiger charge is -2.12. The van der Waals surface area contributed by atoms with Crippen LogP contribution in [0.15, 0.2) is 42.5 Å². The first-order chi connectivity index (χ1) is 11.0. The molecule has 0 atom stereocenters. The number of amides is 2. The number of ether oxygens (including phenoxy) is 1. The smallest absolute Gasteiger partial charge is 0.259 e. The van der Waals surface area contributed by atoms with Crippen molar-refractivity contribution >= 4 is 23.2 Å². The zero-order valence-corrected chi connectivity index (χ0v) is 12.7. The maximum absolute atomic E-state index is 12.5. The molecular weight excluding hydrogens is 294 g/mol. The molecule has 0 fully saturated rings. The lowest BCUT2D eigenvalue weighted by Crippen LogP contribution is -2.15. The van der Waals surface area contributed by atoms with Crippen LogP contribution in [0.5, 0.6) is 5.75 Å². The molecule has 6 heteroatoms. The fourth-order valence-corrected chi connectivity index (χ4v) is 2.05. The van der Waals surface area contributed by atoms with Gasteiger partial charge in [-0.1, -0.05) is 12.1 Å². The van der Waals surface area contributed by atoms with Gasteiger partial charge >= 0.3 is 0 Å². The van der Waals surface area contributed by atoms with E-state index in [9.17, 15) is 9.59 Å². The van der Waals surface area contributed by atoms with Crippen LogP contribution in [0.2, 0.25) is 0 Å². The molecule has 0 aromatic heterocycles. The summed E-state index contributed by atoms with van der Waals surface area (Å²) in [4.78, 5) is 23.6. The summed E-state index contributed by atoms with van der Waals surface area (Å²) >= 11 is 0. The number of para-hydroxylation sites is 1. The van der Waals surface area contributed by atoms with Crippen molar-refractivity contribution in [3.63, 3.8) is 0 Å². The monoisotopic (exact) mass is 309 g/mol.